The second-order valence-corrected chi connectivity index (χ2v) is 1.62. The summed E-state index contributed by atoms with van der Waals surface area (Å²) < 4.78 is 0. The molecule has 36 valence electrons. The maximum atomic E-state index is 7.98. The average molecular weight is 106 g/mol. The van der Waals surface area contributed by atoms with Crippen molar-refractivity contribution < 1.29 is 5.11 Å². The molecular weight excluding hydrogens is 100 g/mol. The summed E-state index contributed by atoms with van der Waals surface area (Å²) in [4.78, 5) is 0. The second-order valence-electron chi connectivity index (χ2n) is 0.638. The van der Waals surface area contributed by atoms with E-state index in [0.29, 0.717) is 0 Å². The first-order chi connectivity index (χ1) is 2.77. The summed E-state index contributed by atoms with van der Waals surface area (Å²) in [6, 6.07) is 0. The van der Waals surface area contributed by atoms with Crippen LogP contribution in [0.1, 0.15) is 0 Å². The lowest BCUT2D eigenvalue weighted by Gasteiger charge is -1.85. The molecule has 0 aliphatic heterocycles. The van der Waals surface area contributed by atoms with Crippen LogP contribution in [-0.2, 0) is 0 Å². The van der Waals surface area contributed by atoms with Crippen molar-refractivity contribution in [3.8, 4) is 0 Å². The Bertz CT molecular complexity index is 55.5. The van der Waals surface area contributed by atoms with Gasteiger partial charge in [-0.25, -0.2) is 0 Å². The Balaban J connectivity index is 2.83. The van der Waals surface area contributed by atoms with Crippen molar-refractivity contribution in [2.45, 2.75) is 0 Å². The maximum Gasteiger partial charge on any atom is 0.153 e. The summed E-state index contributed by atoms with van der Waals surface area (Å²) in [6.45, 7) is 0. The number of nitrogens with one attached hydrogen (secondary N) is 1. The molecule has 0 aliphatic rings. The van der Waals surface area contributed by atoms with Gasteiger partial charge in [-0.15, -0.1) is 0 Å². The lowest BCUT2D eigenvalue weighted by molar-refractivity contribution is 0.376. The van der Waals surface area contributed by atoms with Gasteiger partial charge in [0, 0.05) is 0 Å². The second kappa shape index (κ2) is 2.99. The number of aliphatic hydroxyl groups is 1. The largest absolute Gasteiger partial charge is 0.385 e. The molecule has 4 heteroatoms. The summed E-state index contributed by atoms with van der Waals surface area (Å²) in [5.74, 6) is -0.102. The Labute approximate surface area is 40.0 Å². The number of aliphatic hydroxyl groups excluding tert-OH is 1. The number of hydrogen-bond donors (Lipinski definition) is 3. The van der Waals surface area contributed by atoms with Crippen LogP contribution in [0.5, 0.6) is 0 Å². The van der Waals surface area contributed by atoms with Gasteiger partial charge >= 0.3 is 0 Å². The zero-order valence-electron chi connectivity index (χ0n) is 3.14. The number of rotatable bonds is 1. The fourth-order valence-electron chi connectivity index (χ4n) is 0.0695. The molecule has 0 rings (SSSR count). The Morgan fingerprint density at radius 2 is 2.50 bits per heavy atom. The van der Waals surface area contributed by atoms with Gasteiger partial charge in [-0.05, 0) is 0 Å². The van der Waals surface area contributed by atoms with E-state index in [4.69, 9.17) is 16.2 Å². The van der Waals surface area contributed by atoms with E-state index >= 15 is 0 Å². The van der Waals surface area contributed by atoms with Gasteiger partial charge in [0.2, 0.25) is 0 Å². The minimum atomic E-state index is -0.102. The Morgan fingerprint density at radius 1 is 2.00 bits per heavy atom. The van der Waals surface area contributed by atoms with E-state index in [1.54, 1.807) is 0 Å². The van der Waals surface area contributed by atoms with E-state index in [0.717, 1.165) is 11.8 Å². The van der Waals surface area contributed by atoms with E-state index in [1.807, 2.05) is 0 Å². The Kier molecular flexibility index (Phi) is 2.88. The van der Waals surface area contributed by atoms with Gasteiger partial charge in [0.25, 0.3) is 0 Å². The SMILES string of the molecule is N=C(N)SCO. The monoisotopic (exact) mass is 106 g/mol. The van der Waals surface area contributed by atoms with Crippen LogP contribution in [0.25, 0.3) is 0 Å². The predicted octanol–water partition coefficient (Wildman–Crippen LogP) is -0.437. The molecule has 3 nitrogen and oxygen atoms in total. The molecule has 6 heavy (non-hydrogen) atoms. The first kappa shape index (κ1) is 5.78. The van der Waals surface area contributed by atoms with E-state index in [-0.39, 0.29) is 11.1 Å². The molecule has 0 radical (unpaired) electrons. The van der Waals surface area contributed by atoms with Crippen LogP contribution in [0.3, 0.4) is 0 Å². The van der Waals surface area contributed by atoms with E-state index < -0.39 is 0 Å². The number of amidine groups is 1. The topological polar surface area (TPSA) is 70.1 Å². The van der Waals surface area contributed by atoms with Crippen LogP contribution in [-0.4, -0.2) is 16.2 Å². The zero-order chi connectivity index (χ0) is 4.99. The summed E-state index contributed by atoms with van der Waals surface area (Å²) in [6.07, 6.45) is 0. The van der Waals surface area contributed by atoms with Crippen molar-refractivity contribution in [3.63, 3.8) is 0 Å². The van der Waals surface area contributed by atoms with Gasteiger partial charge in [-0.2, -0.15) is 0 Å². The molecule has 0 unspecified atom stereocenters. The minimum Gasteiger partial charge on any atom is -0.385 e. The molecule has 0 bridgehead atoms. The molecule has 0 aromatic heterocycles. The molecular formula is C2H6N2OS. The van der Waals surface area contributed by atoms with Gasteiger partial charge in [-0.1, -0.05) is 11.8 Å². The van der Waals surface area contributed by atoms with Gasteiger partial charge in [0.15, 0.2) is 5.17 Å². The van der Waals surface area contributed by atoms with Gasteiger partial charge in [0.1, 0.15) is 0 Å². The van der Waals surface area contributed by atoms with E-state index in [9.17, 15) is 0 Å². The van der Waals surface area contributed by atoms with Crippen molar-refractivity contribution in [2.75, 3.05) is 5.94 Å². The van der Waals surface area contributed by atoms with Crippen LogP contribution in [0.2, 0.25) is 0 Å². The highest BCUT2D eigenvalue weighted by atomic mass is 32.2. The van der Waals surface area contributed by atoms with Crippen molar-refractivity contribution in [2.24, 2.45) is 5.73 Å². The first-order valence-electron chi connectivity index (χ1n) is 1.35. The minimum absolute atomic E-state index is 0.0440. The lowest BCUT2D eigenvalue weighted by atomic mass is 11.4. The molecule has 0 aromatic carbocycles. The highest BCUT2D eigenvalue weighted by Crippen LogP contribution is 1.90. The molecule has 0 atom stereocenters. The predicted molar refractivity (Wildman–Crippen MR) is 26.6 cm³/mol. The smallest absolute Gasteiger partial charge is 0.153 e. The summed E-state index contributed by atoms with van der Waals surface area (Å²) in [7, 11) is 0. The quantitative estimate of drug-likeness (QED) is 0.241. The molecule has 0 amide bonds. The summed E-state index contributed by atoms with van der Waals surface area (Å²) >= 11 is 0.903. The molecule has 4 N–H and O–H groups in total. The van der Waals surface area contributed by atoms with Crippen molar-refractivity contribution in [1.29, 1.82) is 5.41 Å². The number of hydrogen-bond acceptors (Lipinski definition) is 3. The van der Waals surface area contributed by atoms with E-state index in [2.05, 4.69) is 0 Å². The first-order valence-corrected chi connectivity index (χ1v) is 2.33. The third-order valence-electron chi connectivity index (χ3n) is 0.220. The summed E-state index contributed by atoms with van der Waals surface area (Å²) in [5.41, 5.74) is 4.79. The molecule has 0 heterocycles. The number of thioether (sulfide) groups is 1. The average Bonchev–Trinajstić information content (AvgIpc) is 1.35. The third-order valence-corrected chi connectivity index (χ3v) is 0.660. The van der Waals surface area contributed by atoms with Crippen molar-refractivity contribution in [1.82, 2.24) is 0 Å². The maximum absolute atomic E-state index is 7.98. The molecule has 0 spiro atoms. The van der Waals surface area contributed by atoms with Crippen LogP contribution in [0.4, 0.5) is 0 Å². The van der Waals surface area contributed by atoms with Crippen molar-refractivity contribution in [3.05, 3.63) is 0 Å². The summed E-state index contributed by atoms with van der Waals surface area (Å²) in [5, 5.41) is 14.4. The van der Waals surface area contributed by atoms with Crippen LogP contribution in [0, 0.1) is 5.41 Å². The fraction of sp³-hybridized carbons (Fsp3) is 0.500. The van der Waals surface area contributed by atoms with Crippen molar-refractivity contribution >= 4 is 16.9 Å². The highest BCUT2D eigenvalue weighted by Gasteiger charge is 1.80. The molecule has 0 aliphatic carbocycles. The molecule has 0 aromatic rings. The molecule has 0 saturated carbocycles. The van der Waals surface area contributed by atoms with Gasteiger partial charge in [-0.3, -0.25) is 5.41 Å². The Hall–Kier alpha value is -0.220. The normalized spacial score (nSPS) is 8.17. The number of nitrogens with two attached hydrogens (primary N) is 1. The molecule has 0 saturated heterocycles. The van der Waals surface area contributed by atoms with Gasteiger partial charge < -0.3 is 10.8 Å². The standard InChI is InChI=1S/C2H6N2OS/c3-2(4)6-1-5/h5H,1H2,(H3,3,4). The Morgan fingerprint density at radius 3 is 2.50 bits per heavy atom. The van der Waals surface area contributed by atoms with Crippen LogP contribution in [0.15, 0.2) is 0 Å². The lowest BCUT2D eigenvalue weighted by Crippen LogP contribution is -2.03. The zero-order valence-corrected chi connectivity index (χ0v) is 3.96. The fourth-order valence-corrected chi connectivity index (χ4v) is 0.209. The molecule has 0 fully saturated rings. The van der Waals surface area contributed by atoms with Gasteiger partial charge in [0.05, 0.1) is 5.94 Å². The highest BCUT2D eigenvalue weighted by molar-refractivity contribution is 8.13. The third kappa shape index (κ3) is 3.78. The van der Waals surface area contributed by atoms with Crippen LogP contribution < -0.4 is 5.73 Å². The van der Waals surface area contributed by atoms with E-state index in [1.165, 1.54) is 0 Å². The van der Waals surface area contributed by atoms with Crippen LogP contribution >= 0.6 is 11.8 Å².